The molecule has 0 spiro atoms. The quantitative estimate of drug-likeness (QED) is 0.706. The SMILES string of the molecule is CNN(C)[C@H](C)[C@H](O)c1ccccc1. The first-order valence-corrected chi connectivity index (χ1v) is 4.80. The molecule has 14 heavy (non-hydrogen) atoms. The van der Waals surface area contributed by atoms with Crippen LogP contribution in [-0.2, 0) is 0 Å². The second kappa shape index (κ2) is 5.10. The minimum absolute atomic E-state index is 0.0439. The molecule has 0 amide bonds. The van der Waals surface area contributed by atoms with Gasteiger partial charge in [0.05, 0.1) is 12.1 Å². The van der Waals surface area contributed by atoms with Crippen LogP contribution in [0.25, 0.3) is 0 Å². The van der Waals surface area contributed by atoms with Crippen molar-refractivity contribution in [2.24, 2.45) is 0 Å². The topological polar surface area (TPSA) is 35.5 Å². The Morgan fingerprint density at radius 2 is 1.86 bits per heavy atom. The maximum absolute atomic E-state index is 10.0. The second-order valence-corrected chi connectivity index (χ2v) is 3.43. The normalized spacial score (nSPS) is 15.5. The maximum Gasteiger partial charge on any atom is 0.0956 e. The molecule has 0 aliphatic carbocycles. The summed E-state index contributed by atoms with van der Waals surface area (Å²) in [5.41, 5.74) is 3.94. The molecular formula is C11H18N2O. The predicted molar refractivity (Wildman–Crippen MR) is 57.7 cm³/mol. The van der Waals surface area contributed by atoms with Gasteiger partial charge in [-0.1, -0.05) is 30.3 Å². The summed E-state index contributed by atoms with van der Waals surface area (Å²) in [7, 11) is 3.76. The summed E-state index contributed by atoms with van der Waals surface area (Å²) < 4.78 is 0. The summed E-state index contributed by atoms with van der Waals surface area (Å²) in [6.45, 7) is 1.98. The van der Waals surface area contributed by atoms with Crippen LogP contribution in [0.1, 0.15) is 18.6 Å². The van der Waals surface area contributed by atoms with Crippen LogP contribution in [0.5, 0.6) is 0 Å². The van der Waals surface area contributed by atoms with Crippen LogP contribution in [0.15, 0.2) is 30.3 Å². The summed E-state index contributed by atoms with van der Waals surface area (Å²) in [6, 6.07) is 9.73. The predicted octanol–water partition coefficient (Wildman–Crippen LogP) is 1.17. The van der Waals surface area contributed by atoms with Gasteiger partial charge >= 0.3 is 0 Å². The zero-order chi connectivity index (χ0) is 10.6. The third-order valence-corrected chi connectivity index (χ3v) is 2.56. The Labute approximate surface area is 85.3 Å². The highest BCUT2D eigenvalue weighted by Gasteiger charge is 2.18. The van der Waals surface area contributed by atoms with E-state index in [2.05, 4.69) is 5.43 Å². The van der Waals surface area contributed by atoms with E-state index >= 15 is 0 Å². The molecule has 3 nitrogen and oxygen atoms in total. The number of aliphatic hydroxyl groups is 1. The lowest BCUT2D eigenvalue weighted by Gasteiger charge is -2.28. The lowest BCUT2D eigenvalue weighted by molar-refractivity contribution is 0.0502. The average molecular weight is 194 g/mol. The number of hydrazine groups is 1. The third kappa shape index (κ3) is 2.54. The summed E-state index contributed by atoms with van der Waals surface area (Å²) in [5, 5.41) is 11.9. The van der Waals surface area contributed by atoms with Gasteiger partial charge in [0.25, 0.3) is 0 Å². The van der Waals surface area contributed by atoms with Crippen LogP contribution in [-0.4, -0.2) is 30.3 Å². The molecule has 2 N–H and O–H groups in total. The van der Waals surface area contributed by atoms with Crippen molar-refractivity contribution >= 4 is 0 Å². The van der Waals surface area contributed by atoms with Crippen molar-refractivity contribution < 1.29 is 5.11 Å². The smallest absolute Gasteiger partial charge is 0.0956 e. The van der Waals surface area contributed by atoms with Gasteiger partial charge in [-0.3, -0.25) is 5.43 Å². The van der Waals surface area contributed by atoms with Crippen molar-refractivity contribution in [1.82, 2.24) is 10.4 Å². The fourth-order valence-corrected chi connectivity index (χ4v) is 1.34. The van der Waals surface area contributed by atoms with E-state index < -0.39 is 6.10 Å². The van der Waals surface area contributed by atoms with Gasteiger partial charge in [0, 0.05) is 7.05 Å². The molecule has 0 saturated carbocycles. The van der Waals surface area contributed by atoms with Crippen molar-refractivity contribution in [2.75, 3.05) is 14.1 Å². The number of nitrogens with one attached hydrogen (secondary N) is 1. The highest BCUT2D eigenvalue weighted by molar-refractivity contribution is 5.18. The first-order chi connectivity index (χ1) is 6.66. The maximum atomic E-state index is 10.0. The number of rotatable bonds is 4. The lowest BCUT2D eigenvalue weighted by Crippen LogP contribution is -2.42. The second-order valence-electron chi connectivity index (χ2n) is 3.43. The Balaban J connectivity index is 2.70. The first kappa shape index (κ1) is 11.2. The Morgan fingerprint density at radius 3 is 2.36 bits per heavy atom. The number of nitrogens with zero attached hydrogens (tertiary/aromatic N) is 1. The molecule has 0 heterocycles. The molecule has 0 radical (unpaired) electrons. The molecule has 0 saturated heterocycles. The Bertz CT molecular complexity index is 263. The monoisotopic (exact) mass is 194 g/mol. The van der Waals surface area contributed by atoms with Crippen molar-refractivity contribution in [2.45, 2.75) is 19.1 Å². The van der Waals surface area contributed by atoms with E-state index in [1.807, 2.05) is 56.4 Å². The van der Waals surface area contributed by atoms with Crippen molar-refractivity contribution in [3.05, 3.63) is 35.9 Å². The molecule has 78 valence electrons. The average Bonchev–Trinajstić information content (AvgIpc) is 2.27. The van der Waals surface area contributed by atoms with Gasteiger partial charge in [0.2, 0.25) is 0 Å². The van der Waals surface area contributed by atoms with Crippen LogP contribution >= 0.6 is 0 Å². The van der Waals surface area contributed by atoms with Gasteiger partial charge in [-0.05, 0) is 19.5 Å². The molecule has 1 aromatic rings. The summed E-state index contributed by atoms with van der Waals surface area (Å²) >= 11 is 0. The van der Waals surface area contributed by atoms with E-state index in [0.717, 1.165) is 5.56 Å². The molecule has 3 heteroatoms. The van der Waals surface area contributed by atoms with Gasteiger partial charge in [-0.2, -0.15) is 0 Å². The van der Waals surface area contributed by atoms with Gasteiger partial charge in [0.15, 0.2) is 0 Å². The molecule has 0 unspecified atom stereocenters. The zero-order valence-electron chi connectivity index (χ0n) is 8.94. The van der Waals surface area contributed by atoms with Crippen LogP contribution < -0.4 is 5.43 Å². The molecule has 0 aliphatic rings. The summed E-state index contributed by atoms with van der Waals surface area (Å²) in [4.78, 5) is 0. The third-order valence-electron chi connectivity index (χ3n) is 2.56. The molecule has 0 aliphatic heterocycles. The van der Waals surface area contributed by atoms with E-state index in [1.54, 1.807) is 0 Å². The fourth-order valence-electron chi connectivity index (χ4n) is 1.34. The first-order valence-electron chi connectivity index (χ1n) is 4.80. The number of benzene rings is 1. The van der Waals surface area contributed by atoms with E-state index in [1.165, 1.54) is 0 Å². The number of aliphatic hydroxyl groups excluding tert-OH is 1. The van der Waals surface area contributed by atoms with E-state index in [4.69, 9.17) is 0 Å². The van der Waals surface area contributed by atoms with Crippen molar-refractivity contribution in [3.8, 4) is 0 Å². The number of hydrogen-bond acceptors (Lipinski definition) is 3. The van der Waals surface area contributed by atoms with Crippen LogP contribution in [0.4, 0.5) is 0 Å². The largest absolute Gasteiger partial charge is 0.387 e. The molecule has 0 bridgehead atoms. The zero-order valence-corrected chi connectivity index (χ0v) is 8.94. The minimum atomic E-state index is -0.464. The molecule has 0 fully saturated rings. The standard InChI is InChI=1S/C11H18N2O/c1-9(13(3)12-2)11(14)10-7-5-4-6-8-10/h4-9,11-12,14H,1-3H3/t9-,11+/m1/s1. The molecule has 1 aromatic carbocycles. The van der Waals surface area contributed by atoms with E-state index in [0.29, 0.717) is 0 Å². The van der Waals surface area contributed by atoms with Crippen LogP contribution in [0.3, 0.4) is 0 Å². The van der Waals surface area contributed by atoms with Gasteiger partial charge in [-0.25, -0.2) is 5.01 Å². The van der Waals surface area contributed by atoms with Gasteiger partial charge < -0.3 is 5.11 Å². The molecule has 0 aromatic heterocycles. The van der Waals surface area contributed by atoms with Crippen molar-refractivity contribution in [1.29, 1.82) is 0 Å². The lowest BCUT2D eigenvalue weighted by atomic mass is 10.0. The Hall–Kier alpha value is -0.900. The minimum Gasteiger partial charge on any atom is -0.387 e. The molecular weight excluding hydrogens is 176 g/mol. The van der Waals surface area contributed by atoms with E-state index in [-0.39, 0.29) is 6.04 Å². The molecule has 2 atom stereocenters. The van der Waals surface area contributed by atoms with Gasteiger partial charge in [0.1, 0.15) is 0 Å². The van der Waals surface area contributed by atoms with E-state index in [9.17, 15) is 5.11 Å². The van der Waals surface area contributed by atoms with Crippen LogP contribution in [0, 0.1) is 0 Å². The highest BCUT2D eigenvalue weighted by atomic mass is 16.3. The number of hydrogen-bond donors (Lipinski definition) is 2. The summed E-state index contributed by atoms with van der Waals surface area (Å²) in [6.07, 6.45) is -0.464. The Kier molecular flexibility index (Phi) is 4.07. The van der Waals surface area contributed by atoms with Crippen molar-refractivity contribution in [3.63, 3.8) is 0 Å². The molecule has 1 rings (SSSR count). The van der Waals surface area contributed by atoms with Gasteiger partial charge in [-0.15, -0.1) is 0 Å². The summed E-state index contributed by atoms with van der Waals surface area (Å²) in [5.74, 6) is 0. The highest BCUT2D eigenvalue weighted by Crippen LogP contribution is 2.18. The van der Waals surface area contributed by atoms with Crippen LogP contribution in [0.2, 0.25) is 0 Å². The fraction of sp³-hybridized carbons (Fsp3) is 0.455. The Morgan fingerprint density at radius 1 is 1.29 bits per heavy atom. The number of likely N-dealkylation sites (N-methyl/N-ethyl adjacent to an activating group) is 1.